The number of likely N-dealkylation sites (N-methyl/N-ethyl adjacent to an activating group) is 1. The number of benzene rings is 1. The van der Waals surface area contributed by atoms with Crippen LogP contribution in [0.25, 0.3) is 0 Å². The Morgan fingerprint density at radius 2 is 1.89 bits per heavy atom. The molecule has 2 aromatic rings. The van der Waals surface area contributed by atoms with E-state index in [1.807, 2.05) is 44.4 Å². The van der Waals surface area contributed by atoms with E-state index in [1.54, 1.807) is 0 Å². The van der Waals surface area contributed by atoms with Crippen LogP contribution in [0.2, 0.25) is 0 Å². The van der Waals surface area contributed by atoms with E-state index < -0.39 is 5.41 Å². The quantitative estimate of drug-likeness (QED) is 0.780. The molecule has 4 heteroatoms. The molecule has 1 aliphatic heterocycles. The van der Waals surface area contributed by atoms with E-state index in [0.717, 1.165) is 44.6 Å². The molecular formula is C23H31N3O. The van der Waals surface area contributed by atoms with Crippen LogP contribution in [0.3, 0.4) is 0 Å². The van der Waals surface area contributed by atoms with Gasteiger partial charge in [0.15, 0.2) is 0 Å². The van der Waals surface area contributed by atoms with Gasteiger partial charge in [0, 0.05) is 38.1 Å². The predicted molar refractivity (Wildman–Crippen MR) is 109 cm³/mol. The number of carbonyl (C=O) groups is 1. The summed E-state index contributed by atoms with van der Waals surface area (Å²) in [5, 5.41) is 0. The van der Waals surface area contributed by atoms with Crippen molar-refractivity contribution in [2.75, 3.05) is 19.6 Å². The smallest absolute Gasteiger partial charge is 0.232 e. The zero-order valence-corrected chi connectivity index (χ0v) is 16.8. The molecule has 0 saturated carbocycles. The SMILES string of the molecule is CCN(Cc1ccncc1)[C@H]1CCCN(C(=O)C(C)(C)c2ccccc2)C1. The van der Waals surface area contributed by atoms with Gasteiger partial charge in [0.1, 0.15) is 0 Å². The molecule has 1 aromatic heterocycles. The largest absolute Gasteiger partial charge is 0.340 e. The Morgan fingerprint density at radius 3 is 2.56 bits per heavy atom. The van der Waals surface area contributed by atoms with Crippen molar-refractivity contribution in [2.24, 2.45) is 0 Å². The summed E-state index contributed by atoms with van der Waals surface area (Å²) in [4.78, 5) is 22.0. The number of pyridine rings is 1. The predicted octanol–water partition coefficient (Wildman–Crippen LogP) is 3.87. The molecule has 1 aliphatic rings. The maximum Gasteiger partial charge on any atom is 0.232 e. The molecule has 0 bridgehead atoms. The van der Waals surface area contributed by atoms with Gasteiger partial charge in [-0.05, 0) is 56.5 Å². The topological polar surface area (TPSA) is 36.4 Å². The number of rotatable bonds is 6. The number of likely N-dealkylation sites (tertiary alicyclic amines) is 1. The van der Waals surface area contributed by atoms with E-state index in [-0.39, 0.29) is 5.91 Å². The molecule has 144 valence electrons. The molecule has 0 unspecified atom stereocenters. The first-order chi connectivity index (χ1) is 13.0. The van der Waals surface area contributed by atoms with Crippen molar-refractivity contribution in [2.45, 2.75) is 51.6 Å². The zero-order chi connectivity index (χ0) is 19.3. The van der Waals surface area contributed by atoms with Gasteiger partial charge in [-0.3, -0.25) is 14.7 Å². The molecule has 1 aromatic carbocycles. The highest BCUT2D eigenvalue weighted by Crippen LogP contribution is 2.28. The first kappa shape index (κ1) is 19.6. The minimum atomic E-state index is -0.495. The van der Waals surface area contributed by atoms with E-state index >= 15 is 0 Å². The van der Waals surface area contributed by atoms with Gasteiger partial charge in [-0.15, -0.1) is 0 Å². The molecule has 0 radical (unpaired) electrons. The van der Waals surface area contributed by atoms with Gasteiger partial charge in [-0.1, -0.05) is 37.3 Å². The maximum absolute atomic E-state index is 13.3. The summed E-state index contributed by atoms with van der Waals surface area (Å²) >= 11 is 0. The second-order valence-corrected chi connectivity index (χ2v) is 7.96. The van der Waals surface area contributed by atoms with Crippen LogP contribution in [-0.2, 0) is 16.8 Å². The summed E-state index contributed by atoms with van der Waals surface area (Å²) in [5.41, 5.74) is 1.87. The Balaban J connectivity index is 1.70. The Kier molecular flexibility index (Phi) is 6.27. The molecule has 3 rings (SSSR count). The fourth-order valence-electron chi connectivity index (χ4n) is 4.03. The molecule has 2 heterocycles. The fraction of sp³-hybridized carbons (Fsp3) is 0.478. The maximum atomic E-state index is 13.3. The summed E-state index contributed by atoms with van der Waals surface area (Å²) in [7, 11) is 0. The van der Waals surface area contributed by atoms with Gasteiger partial charge in [-0.2, -0.15) is 0 Å². The minimum absolute atomic E-state index is 0.235. The van der Waals surface area contributed by atoms with E-state index in [9.17, 15) is 4.79 Å². The molecule has 0 spiro atoms. The third kappa shape index (κ3) is 4.56. The Labute approximate surface area is 163 Å². The highest BCUT2D eigenvalue weighted by Gasteiger charge is 2.36. The lowest BCUT2D eigenvalue weighted by Gasteiger charge is -2.41. The number of hydrogen-bond acceptors (Lipinski definition) is 3. The molecule has 1 amide bonds. The van der Waals surface area contributed by atoms with Crippen LogP contribution >= 0.6 is 0 Å². The number of aromatic nitrogens is 1. The van der Waals surface area contributed by atoms with Gasteiger partial charge in [0.05, 0.1) is 5.41 Å². The molecule has 1 atom stereocenters. The molecule has 1 saturated heterocycles. The van der Waals surface area contributed by atoms with E-state index in [4.69, 9.17) is 0 Å². The fourth-order valence-corrected chi connectivity index (χ4v) is 4.03. The minimum Gasteiger partial charge on any atom is -0.340 e. The third-order valence-corrected chi connectivity index (χ3v) is 5.77. The Hall–Kier alpha value is -2.20. The molecule has 0 N–H and O–H groups in total. The third-order valence-electron chi connectivity index (χ3n) is 5.77. The summed E-state index contributed by atoms with van der Waals surface area (Å²) < 4.78 is 0. The molecular weight excluding hydrogens is 334 g/mol. The standard InChI is InChI=1S/C23H31N3O/c1-4-25(17-19-12-14-24-15-13-19)21-11-8-16-26(18-21)22(27)23(2,3)20-9-6-5-7-10-20/h5-7,9-10,12-15,21H,4,8,11,16-18H2,1-3H3/t21-/m0/s1. The van der Waals surface area contributed by atoms with Crippen molar-refractivity contribution >= 4 is 5.91 Å². The van der Waals surface area contributed by atoms with Gasteiger partial charge >= 0.3 is 0 Å². The number of hydrogen-bond donors (Lipinski definition) is 0. The summed E-state index contributed by atoms with van der Waals surface area (Å²) in [6.07, 6.45) is 5.91. The first-order valence-electron chi connectivity index (χ1n) is 10.00. The van der Waals surface area contributed by atoms with Crippen molar-refractivity contribution in [1.82, 2.24) is 14.8 Å². The Bertz CT molecular complexity index is 730. The van der Waals surface area contributed by atoms with Gasteiger partial charge < -0.3 is 4.90 Å². The van der Waals surface area contributed by atoms with Crippen LogP contribution < -0.4 is 0 Å². The normalized spacial score (nSPS) is 17.9. The van der Waals surface area contributed by atoms with Crippen molar-refractivity contribution < 1.29 is 4.79 Å². The molecule has 4 nitrogen and oxygen atoms in total. The van der Waals surface area contributed by atoms with Crippen LogP contribution in [0, 0.1) is 0 Å². The van der Waals surface area contributed by atoms with Gasteiger partial charge in [0.25, 0.3) is 0 Å². The molecule has 1 fully saturated rings. The lowest BCUT2D eigenvalue weighted by atomic mass is 9.82. The van der Waals surface area contributed by atoms with Crippen LogP contribution in [-0.4, -0.2) is 46.4 Å². The average molecular weight is 366 g/mol. The van der Waals surface area contributed by atoms with Gasteiger partial charge in [0.2, 0.25) is 5.91 Å². The average Bonchev–Trinajstić information content (AvgIpc) is 2.73. The second-order valence-electron chi connectivity index (χ2n) is 7.96. The highest BCUT2D eigenvalue weighted by atomic mass is 16.2. The summed E-state index contributed by atoms with van der Waals surface area (Å²) in [6.45, 7) is 9.86. The number of amides is 1. The lowest BCUT2D eigenvalue weighted by molar-refractivity contribution is -0.138. The zero-order valence-electron chi connectivity index (χ0n) is 16.8. The lowest BCUT2D eigenvalue weighted by Crippen LogP contribution is -2.53. The first-order valence-corrected chi connectivity index (χ1v) is 10.00. The summed E-state index contributed by atoms with van der Waals surface area (Å²) in [5.74, 6) is 0.235. The van der Waals surface area contributed by atoms with Crippen molar-refractivity contribution in [3.8, 4) is 0 Å². The highest BCUT2D eigenvalue weighted by molar-refractivity contribution is 5.87. The number of nitrogens with zero attached hydrogens (tertiary/aromatic N) is 3. The summed E-state index contributed by atoms with van der Waals surface area (Å²) in [6, 6.07) is 14.7. The van der Waals surface area contributed by atoms with E-state index in [1.165, 1.54) is 5.56 Å². The van der Waals surface area contributed by atoms with Gasteiger partial charge in [-0.25, -0.2) is 0 Å². The number of piperidine rings is 1. The monoisotopic (exact) mass is 365 g/mol. The van der Waals surface area contributed by atoms with E-state index in [2.05, 4.69) is 46.0 Å². The van der Waals surface area contributed by atoms with E-state index in [0.29, 0.717) is 6.04 Å². The molecule has 0 aliphatic carbocycles. The number of carbonyl (C=O) groups excluding carboxylic acids is 1. The van der Waals surface area contributed by atoms with Crippen molar-refractivity contribution in [1.29, 1.82) is 0 Å². The van der Waals surface area contributed by atoms with Crippen molar-refractivity contribution in [3.05, 3.63) is 66.0 Å². The van der Waals surface area contributed by atoms with Crippen LogP contribution in [0.5, 0.6) is 0 Å². The van der Waals surface area contributed by atoms with Crippen LogP contribution in [0.4, 0.5) is 0 Å². The Morgan fingerprint density at radius 1 is 1.19 bits per heavy atom. The second kappa shape index (κ2) is 8.66. The van der Waals surface area contributed by atoms with Crippen LogP contribution in [0.15, 0.2) is 54.9 Å². The van der Waals surface area contributed by atoms with Crippen molar-refractivity contribution in [3.63, 3.8) is 0 Å². The van der Waals surface area contributed by atoms with Crippen LogP contribution in [0.1, 0.15) is 44.7 Å². The molecule has 27 heavy (non-hydrogen) atoms.